The zero-order valence-corrected chi connectivity index (χ0v) is 21.2. The summed E-state index contributed by atoms with van der Waals surface area (Å²) < 4.78 is 33.7. The predicted molar refractivity (Wildman–Crippen MR) is 136 cm³/mol. The quantitative estimate of drug-likeness (QED) is 0.202. The first-order valence-corrected chi connectivity index (χ1v) is 12.0. The van der Waals surface area contributed by atoms with E-state index >= 15 is 0 Å². The summed E-state index contributed by atoms with van der Waals surface area (Å²) >= 11 is 0. The molecule has 9 nitrogen and oxygen atoms in total. The molecule has 4 rings (SSSR count). The van der Waals surface area contributed by atoms with Gasteiger partial charge in [-0.3, -0.25) is 4.99 Å². The Morgan fingerprint density at radius 1 is 1.16 bits per heavy atom. The van der Waals surface area contributed by atoms with E-state index in [9.17, 15) is 8.42 Å². The highest BCUT2D eigenvalue weighted by Gasteiger charge is 2.28. The van der Waals surface area contributed by atoms with Crippen LogP contribution in [0.25, 0.3) is 10.9 Å². The molecule has 0 unspecified atom stereocenters. The number of nitrogens with zero attached hydrogens (tertiary/aromatic N) is 5. The van der Waals surface area contributed by atoms with E-state index < -0.39 is 10.0 Å². The standard InChI is InChI=1S/C21H28N6O3S.HI/c1-22-21(23-9-4-10-25-11-7-18-5-2-3-6-20(18)25)26-12-14-27(15-13-26)31(28,29)17-19-8-16-30-24-19;/h2-3,5-8,11,16H,4,9-10,12-15,17H2,1H3,(H,22,23);1H. The third-order valence-corrected chi connectivity index (χ3v) is 7.32. The third kappa shape index (κ3) is 5.81. The van der Waals surface area contributed by atoms with E-state index in [1.165, 1.54) is 21.5 Å². The molecule has 0 amide bonds. The summed E-state index contributed by atoms with van der Waals surface area (Å²) in [6.45, 7) is 3.77. The number of benzene rings is 1. The Bertz CT molecular complexity index is 1120. The van der Waals surface area contributed by atoms with Gasteiger partial charge in [-0.25, -0.2) is 8.42 Å². The fourth-order valence-corrected chi connectivity index (χ4v) is 5.31. The second-order valence-corrected chi connectivity index (χ2v) is 9.50. The van der Waals surface area contributed by atoms with Crippen LogP contribution in [0.5, 0.6) is 0 Å². The third-order valence-electron chi connectivity index (χ3n) is 5.50. The van der Waals surface area contributed by atoms with Crippen molar-refractivity contribution in [3.05, 3.63) is 54.6 Å². The van der Waals surface area contributed by atoms with E-state index in [0.717, 1.165) is 25.5 Å². The minimum absolute atomic E-state index is 0. The molecule has 1 N–H and O–H groups in total. The maximum atomic E-state index is 12.6. The number of piperazine rings is 1. The summed E-state index contributed by atoms with van der Waals surface area (Å²) in [5.41, 5.74) is 1.67. The van der Waals surface area contributed by atoms with Gasteiger partial charge in [-0.2, -0.15) is 4.31 Å². The van der Waals surface area contributed by atoms with Crippen LogP contribution < -0.4 is 5.32 Å². The van der Waals surface area contributed by atoms with Crippen LogP contribution in [0.4, 0.5) is 0 Å². The first-order valence-electron chi connectivity index (χ1n) is 10.4. The summed E-state index contributed by atoms with van der Waals surface area (Å²) in [5.74, 6) is 0.677. The minimum Gasteiger partial charge on any atom is -0.364 e. The zero-order chi connectivity index (χ0) is 21.7. The largest absolute Gasteiger partial charge is 0.364 e. The Labute approximate surface area is 205 Å². The second-order valence-electron chi connectivity index (χ2n) is 7.53. The van der Waals surface area contributed by atoms with E-state index in [0.29, 0.717) is 31.9 Å². The lowest BCUT2D eigenvalue weighted by atomic mass is 10.2. The molecule has 174 valence electrons. The number of fused-ring (bicyclic) bond motifs is 1. The van der Waals surface area contributed by atoms with E-state index in [4.69, 9.17) is 4.52 Å². The molecule has 0 atom stereocenters. The first kappa shape index (κ1) is 24.5. The van der Waals surface area contributed by atoms with Crippen LogP contribution >= 0.6 is 24.0 Å². The Kier molecular flexibility index (Phi) is 8.54. The Hall–Kier alpha value is -2.12. The average Bonchev–Trinajstić information content (AvgIpc) is 3.44. The summed E-state index contributed by atoms with van der Waals surface area (Å²) in [5, 5.41) is 8.37. The number of rotatable bonds is 7. The van der Waals surface area contributed by atoms with Crippen LogP contribution in [0, 0.1) is 0 Å². The molecule has 1 aliphatic heterocycles. The fourth-order valence-electron chi connectivity index (χ4n) is 3.89. The lowest BCUT2D eigenvalue weighted by molar-refractivity contribution is 0.259. The van der Waals surface area contributed by atoms with Gasteiger partial charge in [0.2, 0.25) is 10.0 Å². The molecule has 1 aromatic carbocycles. The monoisotopic (exact) mass is 572 g/mol. The van der Waals surface area contributed by atoms with Crippen LogP contribution in [0.1, 0.15) is 12.1 Å². The number of para-hydroxylation sites is 1. The number of hydrogen-bond donors (Lipinski definition) is 1. The van der Waals surface area contributed by atoms with Gasteiger partial charge < -0.3 is 19.3 Å². The number of halogens is 1. The van der Waals surface area contributed by atoms with Gasteiger partial charge in [0, 0.05) is 64.1 Å². The van der Waals surface area contributed by atoms with Gasteiger partial charge in [0.25, 0.3) is 0 Å². The van der Waals surface area contributed by atoms with Crippen LogP contribution in [0.3, 0.4) is 0 Å². The number of aromatic nitrogens is 2. The first-order chi connectivity index (χ1) is 15.1. The van der Waals surface area contributed by atoms with Crippen LogP contribution in [0.2, 0.25) is 0 Å². The van der Waals surface area contributed by atoms with Gasteiger partial charge in [0.05, 0.1) is 5.69 Å². The molecule has 2 aromatic heterocycles. The molecule has 32 heavy (non-hydrogen) atoms. The molecule has 0 saturated carbocycles. The van der Waals surface area contributed by atoms with Crippen molar-refractivity contribution in [1.82, 2.24) is 24.2 Å². The van der Waals surface area contributed by atoms with Crippen molar-refractivity contribution in [2.75, 3.05) is 39.8 Å². The number of guanidine groups is 1. The molecular weight excluding hydrogens is 543 g/mol. The van der Waals surface area contributed by atoms with Crippen molar-refractivity contribution in [3.63, 3.8) is 0 Å². The molecule has 1 fully saturated rings. The van der Waals surface area contributed by atoms with Crippen molar-refractivity contribution in [3.8, 4) is 0 Å². The van der Waals surface area contributed by atoms with Gasteiger partial charge in [0.1, 0.15) is 12.0 Å². The average molecular weight is 572 g/mol. The van der Waals surface area contributed by atoms with Crippen LogP contribution in [-0.4, -0.2) is 73.1 Å². The van der Waals surface area contributed by atoms with Crippen LogP contribution in [0.15, 0.2) is 58.4 Å². The predicted octanol–water partition coefficient (Wildman–Crippen LogP) is 2.36. The lowest BCUT2D eigenvalue weighted by Gasteiger charge is -2.35. The molecule has 11 heteroatoms. The second kappa shape index (κ2) is 11.1. The summed E-state index contributed by atoms with van der Waals surface area (Å²) in [4.78, 5) is 6.48. The summed E-state index contributed by atoms with van der Waals surface area (Å²) in [6.07, 6.45) is 4.47. The maximum absolute atomic E-state index is 12.6. The fraction of sp³-hybridized carbons (Fsp3) is 0.429. The van der Waals surface area contributed by atoms with Crippen molar-refractivity contribution >= 4 is 50.9 Å². The number of hydrogen-bond acceptors (Lipinski definition) is 5. The number of aryl methyl sites for hydroxylation is 1. The highest BCUT2D eigenvalue weighted by Crippen LogP contribution is 2.15. The van der Waals surface area contributed by atoms with E-state index in [1.54, 1.807) is 13.1 Å². The Balaban J connectivity index is 0.00000289. The highest BCUT2D eigenvalue weighted by molar-refractivity contribution is 14.0. The molecule has 3 heterocycles. The topological polar surface area (TPSA) is 96.0 Å². The molecule has 0 aliphatic carbocycles. The van der Waals surface area contributed by atoms with Gasteiger partial charge in [-0.1, -0.05) is 23.4 Å². The van der Waals surface area contributed by atoms with Gasteiger partial charge in [-0.15, -0.1) is 24.0 Å². The zero-order valence-electron chi connectivity index (χ0n) is 18.1. The van der Waals surface area contributed by atoms with Crippen molar-refractivity contribution in [2.24, 2.45) is 4.99 Å². The number of aliphatic imine (C=N–C) groups is 1. The Morgan fingerprint density at radius 2 is 1.94 bits per heavy atom. The molecule has 3 aromatic rings. The summed E-state index contributed by atoms with van der Waals surface area (Å²) in [7, 11) is -1.65. The molecule has 1 saturated heterocycles. The van der Waals surface area contributed by atoms with Crippen molar-refractivity contribution in [1.29, 1.82) is 0 Å². The lowest BCUT2D eigenvalue weighted by Crippen LogP contribution is -2.54. The normalized spacial score (nSPS) is 15.7. The molecule has 1 aliphatic rings. The van der Waals surface area contributed by atoms with E-state index in [-0.39, 0.29) is 29.7 Å². The van der Waals surface area contributed by atoms with Crippen LogP contribution in [-0.2, 0) is 22.3 Å². The van der Waals surface area contributed by atoms with E-state index in [1.807, 2.05) is 0 Å². The minimum atomic E-state index is -3.41. The summed E-state index contributed by atoms with van der Waals surface area (Å²) in [6, 6.07) is 12.1. The highest BCUT2D eigenvalue weighted by atomic mass is 127. The van der Waals surface area contributed by atoms with Gasteiger partial charge in [-0.05, 0) is 23.9 Å². The molecule has 0 spiro atoms. The van der Waals surface area contributed by atoms with Gasteiger partial charge >= 0.3 is 0 Å². The number of sulfonamides is 1. The van der Waals surface area contributed by atoms with E-state index in [2.05, 4.69) is 61.5 Å². The Morgan fingerprint density at radius 3 is 2.66 bits per heavy atom. The van der Waals surface area contributed by atoms with Crippen molar-refractivity contribution < 1.29 is 12.9 Å². The number of nitrogens with one attached hydrogen (secondary N) is 1. The smallest absolute Gasteiger partial charge is 0.220 e. The van der Waals surface area contributed by atoms with Gasteiger partial charge in [0.15, 0.2) is 5.96 Å². The molecule has 0 radical (unpaired) electrons. The SMILES string of the molecule is CN=C(NCCCn1ccc2ccccc21)N1CCN(S(=O)(=O)Cc2ccon2)CC1.I. The maximum Gasteiger partial charge on any atom is 0.220 e. The molecular formula is C21H29IN6O3S. The molecule has 0 bridgehead atoms. The van der Waals surface area contributed by atoms with Crippen molar-refractivity contribution in [2.45, 2.75) is 18.7 Å².